The monoisotopic (exact) mass is 356 g/mol. The second kappa shape index (κ2) is 7.96. The number of hydrogen-bond donors (Lipinski definition) is 1. The number of nitrogens with one attached hydrogen (secondary N) is 1. The molecule has 1 aromatic rings. The molecule has 1 fully saturated rings. The topological polar surface area (TPSA) is 84.9 Å². The highest BCUT2D eigenvalue weighted by atomic mass is 32.2. The average Bonchev–Trinajstić information content (AvgIpc) is 2.93. The first kappa shape index (κ1) is 18.7. The van der Waals surface area contributed by atoms with Crippen molar-refractivity contribution >= 4 is 15.9 Å². The summed E-state index contributed by atoms with van der Waals surface area (Å²) in [5.74, 6) is 0.251. The van der Waals surface area contributed by atoms with E-state index in [0.29, 0.717) is 19.0 Å². The van der Waals surface area contributed by atoms with E-state index in [9.17, 15) is 13.2 Å². The number of methoxy groups -OCH3 is 1. The van der Waals surface area contributed by atoms with Crippen molar-refractivity contribution in [3.05, 3.63) is 29.8 Å². The summed E-state index contributed by atoms with van der Waals surface area (Å²) in [7, 11) is 1.24. The minimum Gasteiger partial charge on any atom is -0.497 e. The van der Waals surface area contributed by atoms with Crippen LogP contribution in [0.2, 0.25) is 0 Å². The van der Waals surface area contributed by atoms with Gasteiger partial charge in [0.25, 0.3) is 0 Å². The van der Waals surface area contributed by atoms with Gasteiger partial charge in [0.05, 0.1) is 38.5 Å². The van der Waals surface area contributed by atoms with Crippen LogP contribution in [0, 0.1) is 5.92 Å². The molecule has 1 aliphatic heterocycles. The Morgan fingerprint density at radius 3 is 2.79 bits per heavy atom. The number of carbonyl (C=O) groups is 1. The second-order valence-electron chi connectivity index (χ2n) is 6.06. The summed E-state index contributed by atoms with van der Waals surface area (Å²) in [4.78, 5) is 12.2. The molecule has 1 saturated heterocycles. The van der Waals surface area contributed by atoms with Gasteiger partial charge in [-0.2, -0.15) is 0 Å². The molecule has 1 heterocycles. The third-order valence-corrected chi connectivity index (χ3v) is 5.99. The zero-order valence-corrected chi connectivity index (χ0v) is 15.0. The molecule has 0 spiro atoms. The van der Waals surface area contributed by atoms with Crippen molar-refractivity contribution in [3.63, 3.8) is 0 Å². The van der Waals surface area contributed by atoms with Crippen molar-refractivity contribution in [1.29, 1.82) is 0 Å². The normalized spacial score (nSPS) is 21.0. The third-order valence-electron chi connectivity index (χ3n) is 4.02. The number of sulfonamides is 1. The number of amides is 1. The van der Waals surface area contributed by atoms with Gasteiger partial charge in [0.2, 0.25) is 15.9 Å². The fourth-order valence-electron chi connectivity index (χ4n) is 2.57. The lowest BCUT2D eigenvalue weighted by atomic mass is 10.1. The summed E-state index contributed by atoms with van der Waals surface area (Å²) in [6, 6.07) is 7.00. The van der Waals surface area contributed by atoms with Crippen LogP contribution in [0.5, 0.6) is 5.75 Å². The van der Waals surface area contributed by atoms with Crippen LogP contribution < -0.4 is 10.1 Å². The molecule has 0 unspecified atom stereocenters. The Morgan fingerprint density at radius 1 is 1.38 bits per heavy atom. The molecule has 0 saturated carbocycles. The number of carbonyl (C=O) groups excluding carboxylic acids is 1. The molecule has 0 aromatic heterocycles. The van der Waals surface area contributed by atoms with Gasteiger partial charge in [0.15, 0.2) is 0 Å². The number of ether oxygens (including phenoxy) is 2. The summed E-state index contributed by atoms with van der Waals surface area (Å²) in [5, 5.41) is 2.89. The van der Waals surface area contributed by atoms with Crippen LogP contribution >= 0.6 is 0 Å². The lowest BCUT2D eigenvalue weighted by molar-refractivity contribution is -0.121. The zero-order valence-electron chi connectivity index (χ0n) is 14.2. The number of rotatable bonds is 7. The molecule has 1 amide bonds. The van der Waals surface area contributed by atoms with E-state index in [2.05, 4.69) is 5.32 Å². The Labute approximate surface area is 143 Å². The van der Waals surface area contributed by atoms with Crippen molar-refractivity contribution in [1.82, 2.24) is 9.62 Å². The van der Waals surface area contributed by atoms with Gasteiger partial charge in [-0.15, -0.1) is 0 Å². The van der Waals surface area contributed by atoms with Crippen molar-refractivity contribution < 1.29 is 22.7 Å². The van der Waals surface area contributed by atoms with E-state index >= 15 is 0 Å². The SMILES string of the molecule is COc1cccc(CC(=O)N[C@H]2COC[C@H]2CS(=O)(=O)N(C)C)c1. The van der Waals surface area contributed by atoms with E-state index in [1.54, 1.807) is 13.2 Å². The zero-order chi connectivity index (χ0) is 17.7. The minimum absolute atomic E-state index is 0.0376. The highest BCUT2D eigenvalue weighted by molar-refractivity contribution is 7.89. The van der Waals surface area contributed by atoms with Gasteiger partial charge in [-0.3, -0.25) is 4.79 Å². The standard InChI is InChI=1S/C16H24N2O5S/c1-18(2)24(20,21)11-13-9-23-10-15(13)17-16(19)8-12-5-4-6-14(7-12)22-3/h4-7,13,15H,8-11H2,1-3H3,(H,17,19)/t13-,15-/m0/s1. The lowest BCUT2D eigenvalue weighted by Gasteiger charge is -2.21. The number of benzene rings is 1. The molecule has 1 aliphatic rings. The molecular formula is C16H24N2O5S. The van der Waals surface area contributed by atoms with Gasteiger partial charge in [0, 0.05) is 20.0 Å². The molecule has 0 aliphatic carbocycles. The largest absolute Gasteiger partial charge is 0.497 e. The molecule has 7 nitrogen and oxygen atoms in total. The van der Waals surface area contributed by atoms with Gasteiger partial charge < -0.3 is 14.8 Å². The molecule has 134 valence electrons. The first-order chi connectivity index (χ1) is 11.3. The van der Waals surface area contributed by atoms with Gasteiger partial charge >= 0.3 is 0 Å². The Hall–Kier alpha value is -1.64. The molecule has 1 N–H and O–H groups in total. The van der Waals surface area contributed by atoms with E-state index in [1.807, 2.05) is 18.2 Å². The van der Waals surface area contributed by atoms with Crippen LogP contribution in [0.1, 0.15) is 5.56 Å². The summed E-state index contributed by atoms with van der Waals surface area (Å²) in [5.41, 5.74) is 0.836. The highest BCUT2D eigenvalue weighted by Crippen LogP contribution is 2.18. The first-order valence-corrected chi connectivity index (χ1v) is 9.33. The molecule has 8 heteroatoms. The van der Waals surface area contributed by atoms with Crippen LogP contribution in [0.15, 0.2) is 24.3 Å². The summed E-state index contributed by atoms with van der Waals surface area (Å²) in [6.45, 7) is 0.661. The lowest BCUT2D eigenvalue weighted by Crippen LogP contribution is -2.44. The molecule has 1 aromatic carbocycles. The van der Waals surface area contributed by atoms with Crippen LogP contribution in [0.4, 0.5) is 0 Å². The van der Waals surface area contributed by atoms with Gasteiger partial charge in [-0.25, -0.2) is 12.7 Å². The van der Waals surface area contributed by atoms with Gasteiger partial charge in [0.1, 0.15) is 5.75 Å². The van der Waals surface area contributed by atoms with E-state index in [-0.39, 0.29) is 30.0 Å². The van der Waals surface area contributed by atoms with Crippen LogP contribution in [-0.4, -0.2) is 64.8 Å². The van der Waals surface area contributed by atoms with E-state index in [1.165, 1.54) is 18.4 Å². The molecule has 0 radical (unpaired) electrons. The average molecular weight is 356 g/mol. The minimum atomic E-state index is -3.33. The molecule has 2 rings (SSSR count). The van der Waals surface area contributed by atoms with Crippen molar-refractivity contribution in [3.8, 4) is 5.75 Å². The molecule has 0 bridgehead atoms. The van der Waals surface area contributed by atoms with Crippen LogP contribution in [0.25, 0.3) is 0 Å². The maximum Gasteiger partial charge on any atom is 0.224 e. The third kappa shape index (κ3) is 4.93. The maximum absolute atomic E-state index is 12.2. The Balaban J connectivity index is 1.95. The fourth-order valence-corrected chi connectivity index (χ4v) is 3.74. The van der Waals surface area contributed by atoms with Gasteiger partial charge in [-0.05, 0) is 17.7 Å². The summed E-state index contributed by atoms with van der Waals surface area (Å²) >= 11 is 0. The Morgan fingerprint density at radius 2 is 2.12 bits per heavy atom. The second-order valence-corrected chi connectivity index (χ2v) is 8.29. The number of hydrogen-bond acceptors (Lipinski definition) is 5. The smallest absolute Gasteiger partial charge is 0.224 e. The maximum atomic E-state index is 12.2. The van der Waals surface area contributed by atoms with E-state index < -0.39 is 10.0 Å². The van der Waals surface area contributed by atoms with E-state index in [4.69, 9.17) is 9.47 Å². The number of nitrogens with zero attached hydrogens (tertiary/aromatic N) is 1. The fraction of sp³-hybridized carbons (Fsp3) is 0.562. The van der Waals surface area contributed by atoms with Crippen molar-refractivity contribution in [2.75, 3.05) is 40.2 Å². The van der Waals surface area contributed by atoms with Gasteiger partial charge in [-0.1, -0.05) is 12.1 Å². The highest BCUT2D eigenvalue weighted by Gasteiger charge is 2.34. The Bertz CT molecular complexity index is 675. The van der Waals surface area contributed by atoms with Crippen molar-refractivity contribution in [2.45, 2.75) is 12.5 Å². The van der Waals surface area contributed by atoms with Crippen molar-refractivity contribution in [2.24, 2.45) is 5.92 Å². The molecular weight excluding hydrogens is 332 g/mol. The predicted octanol–water partition coefficient (Wildman–Crippen LogP) is 0.260. The van der Waals surface area contributed by atoms with E-state index in [0.717, 1.165) is 5.56 Å². The molecule has 24 heavy (non-hydrogen) atoms. The molecule has 2 atom stereocenters. The van der Waals surface area contributed by atoms with Crippen LogP contribution in [0.3, 0.4) is 0 Å². The Kier molecular flexibility index (Phi) is 6.20. The first-order valence-electron chi connectivity index (χ1n) is 7.72. The summed E-state index contributed by atoms with van der Waals surface area (Å²) in [6.07, 6.45) is 0.209. The quantitative estimate of drug-likeness (QED) is 0.758. The summed E-state index contributed by atoms with van der Waals surface area (Å²) < 4.78 is 35.7. The van der Waals surface area contributed by atoms with Crippen LogP contribution in [-0.2, 0) is 26.0 Å². The predicted molar refractivity (Wildman–Crippen MR) is 90.4 cm³/mol.